The second-order valence-electron chi connectivity index (χ2n) is 6.95. The average Bonchev–Trinajstić information content (AvgIpc) is 3.39. The summed E-state index contributed by atoms with van der Waals surface area (Å²) in [6.45, 7) is 2.00. The van der Waals surface area contributed by atoms with Crippen LogP contribution < -0.4 is 5.32 Å². The Morgan fingerprint density at radius 3 is 2.57 bits per heavy atom. The molecule has 0 aliphatic carbocycles. The maximum absolute atomic E-state index is 13.0. The molecule has 5 nitrogen and oxygen atoms in total. The molecule has 0 radical (unpaired) electrons. The molecule has 0 aliphatic rings. The van der Waals surface area contributed by atoms with Gasteiger partial charge in [-0.1, -0.05) is 54.2 Å². The number of thioether (sulfide) groups is 1. The van der Waals surface area contributed by atoms with Gasteiger partial charge in [-0.3, -0.25) is 4.79 Å². The number of rotatable bonds is 7. The minimum atomic E-state index is -0.318. The zero-order valence-electron chi connectivity index (χ0n) is 16.8. The first-order valence-electron chi connectivity index (χ1n) is 9.57. The third-order valence-corrected chi connectivity index (χ3v) is 6.91. The van der Waals surface area contributed by atoms with Gasteiger partial charge in [-0.25, -0.2) is 9.97 Å². The fourth-order valence-corrected chi connectivity index (χ4v) is 4.91. The molecule has 4 rings (SSSR count). The van der Waals surface area contributed by atoms with E-state index in [0.717, 1.165) is 32.7 Å². The number of benzene rings is 2. The first kappa shape index (κ1) is 20.4. The van der Waals surface area contributed by atoms with Crippen molar-refractivity contribution in [2.45, 2.75) is 23.1 Å². The highest BCUT2D eigenvalue weighted by molar-refractivity contribution is 8.00. The minimum Gasteiger partial charge on any atom is -0.338 e. The van der Waals surface area contributed by atoms with Crippen LogP contribution in [0.3, 0.4) is 0 Å². The molecular formula is C23H22N4OS2. The van der Waals surface area contributed by atoms with Crippen LogP contribution in [0.1, 0.15) is 39.0 Å². The van der Waals surface area contributed by atoms with Gasteiger partial charge in [0.1, 0.15) is 16.2 Å². The van der Waals surface area contributed by atoms with Gasteiger partial charge >= 0.3 is 0 Å². The van der Waals surface area contributed by atoms with E-state index in [2.05, 4.69) is 20.7 Å². The van der Waals surface area contributed by atoms with Gasteiger partial charge in [-0.15, -0.1) is 11.3 Å². The van der Waals surface area contributed by atoms with E-state index in [9.17, 15) is 4.79 Å². The lowest BCUT2D eigenvalue weighted by Gasteiger charge is -2.19. The minimum absolute atomic E-state index is 0.124. The van der Waals surface area contributed by atoms with Crippen LogP contribution in [0.25, 0.3) is 0 Å². The predicted octanol–water partition coefficient (Wildman–Crippen LogP) is 5.00. The Labute approximate surface area is 184 Å². The third-order valence-electron chi connectivity index (χ3n) is 4.70. The highest BCUT2D eigenvalue weighted by Gasteiger charge is 2.21. The van der Waals surface area contributed by atoms with Crippen molar-refractivity contribution >= 4 is 29.0 Å². The molecule has 0 saturated heterocycles. The summed E-state index contributed by atoms with van der Waals surface area (Å²) >= 11 is 3.37. The molecular weight excluding hydrogens is 412 g/mol. The highest BCUT2D eigenvalue weighted by atomic mass is 32.2. The molecule has 2 aromatic heterocycles. The molecule has 0 spiro atoms. The molecule has 0 bridgehead atoms. The van der Waals surface area contributed by atoms with Crippen molar-refractivity contribution in [3.05, 3.63) is 101 Å². The summed E-state index contributed by atoms with van der Waals surface area (Å²) in [5.41, 5.74) is 3.83. The number of aryl methyl sites for hydroxylation is 2. The maximum Gasteiger partial charge on any atom is 0.252 e. The topological polar surface area (TPSA) is 59.8 Å². The fraction of sp³-hybridized carbons (Fsp3) is 0.174. The Kier molecular flexibility index (Phi) is 6.30. The van der Waals surface area contributed by atoms with Gasteiger partial charge in [-0.2, -0.15) is 0 Å². The molecule has 1 atom stereocenters. The number of amides is 1. The van der Waals surface area contributed by atoms with Crippen LogP contribution in [0, 0.1) is 6.92 Å². The molecule has 30 heavy (non-hydrogen) atoms. The van der Waals surface area contributed by atoms with E-state index in [1.54, 1.807) is 29.3 Å². The largest absolute Gasteiger partial charge is 0.338 e. The molecule has 0 aliphatic heterocycles. The number of carbonyl (C=O) groups is 1. The first-order valence-corrected chi connectivity index (χ1v) is 11.4. The van der Waals surface area contributed by atoms with Crippen LogP contribution in [-0.4, -0.2) is 20.4 Å². The smallest absolute Gasteiger partial charge is 0.252 e. The van der Waals surface area contributed by atoms with E-state index in [0.29, 0.717) is 5.56 Å². The van der Waals surface area contributed by atoms with Crippen LogP contribution in [0.15, 0.2) is 76.7 Å². The average molecular weight is 435 g/mol. The van der Waals surface area contributed by atoms with Crippen molar-refractivity contribution in [1.29, 1.82) is 0 Å². The van der Waals surface area contributed by atoms with Crippen molar-refractivity contribution in [1.82, 2.24) is 19.9 Å². The van der Waals surface area contributed by atoms with Gasteiger partial charge in [0.15, 0.2) is 0 Å². The Bertz CT molecular complexity index is 1120. The molecule has 1 unspecified atom stereocenters. The summed E-state index contributed by atoms with van der Waals surface area (Å²) in [4.78, 5) is 21.9. The predicted molar refractivity (Wildman–Crippen MR) is 122 cm³/mol. The molecule has 0 saturated carbocycles. The number of carbonyl (C=O) groups excluding carboxylic acids is 1. The third kappa shape index (κ3) is 4.80. The summed E-state index contributed by atoms with van der Waals surface area (Å²) in [6.07, 6.45) is 3.63. The summed E-state index contributed by atoms with van der Waals surface area (Å²) in [5, 5.41) is 5.19. The van der Waals surface area contributed by atoms with Crippen molar-refractivity contribution in [2.24, 2.45) is 7.05 Å². The Morgan fingerprint density at radius 2 is 1.93 bits per heavy atom. The lowest BCUT2D eigenvalue weighted by Crippen LogP contribution is -2.31. The van der Waals surface area contributed by atoms with E-state index >= 15 is 0 Å². The number of nitrogens with one attached hydrogen (secondary N) is 1. The molecule has 7 heteroatoms. The van der Waals surface area contributed by atoms with Gasteiger partial charge in [0.2, 0.25) is 0 Å². The standard InChI is InChI=1S/C23H22N4OS2/c1-16-14-29-23(25-16)30-15-17-8-10-19(11-9-17)22(28)26-20(18-6-4-3-5-7-18)21-24-12-13-27(21)2/h3-14,20H,15H2,1-2H3,(H,26,28). The quantitative estimate of drug-likeness (QED) is 0.416. The van der Waals surface area contributed by atoms with Crippen LogP contribution in [0.4, 0.5) is 0 Å². The summed E-state index contributed by atoms with van der Waals surface area (Å²) in [7, 11) is 1.93. The van der Waals surface area contributed by atoms with Crippen LogP contribution in [0.5, 0.6) is 0 Å². The number of aromatic nitrogens is 3. The molecule has 1 amide bonds. The number of hydrogen-bond acceptors (Lipinski definition) is 5. The number of imidazole rings is 1. The zero-order chi connectivity index (χ0) is 20.9. The normalized spacial score (nSPS) is 11.9. The second-order valence-corrected chi connectivity index (χ2v) is 9.03. The molecule has 2 heterocycles. The lowest BCUT2D eigenvalue weighted by molar-refractivity contribution is 0.0941. The molecule has 4 aromatic rings. The van der Waals surface area contributed by atoms with Gasteiger partial charge in [-0.05, 0) is 30.2 Å². The highest BCUT2D eigenvalue weighted by Crippen LogP contribution is 2.26. The van der Waals surface area contributed by atoms with Gasteiger partial charge in [0.05, 0.1) is 0 Å². The van der Waals surface area contributed by atoms with Gasteiger partial charge in [0.25, 0.3) is 5.91 Å². The monoisotopic (exact) mass is 434 g/mol. The maximum atomic E-state index is 13.0. The van der Waals surface area contributed by atoms with E-state index in [1.807, 2.05) is 79.3 Å². The van der Waals surface area contributed by atoms with Gasteiger partial charge in [0, 0.05) is 41.8 Å². The van der Waals surface area contributed by atoms with Crippen LogP contribution in [0.2, 0.25) is 0 Å². The Morgan fingerprint density at radius 1 is 1.17 bits per heavy atom. The number of thiazole rings is 1. The van der Waals surface area contributed by atoms with E-state index in [4.69, 9.17) is 0 Å². The van der Waals surface area contributed by atoms with E-state index < -0.39 is 0 Å². The van der Waals surface area contributed by atoms with Crippen LogP contribution >= 0.6 is 23.1 Å². The summed E-state index contributed by atoms with van der Waals surface area (Å²) < 4.78 is 2.99. The second kappa shape index (κ2) is 9.28. The zero-order valence-corrected chi connectivity index (χ0v) is 18.4. The Hall–Kier alpha value is -2.90. The molecule has 0 fully saturated rings. The lowest BCUT2D eigenvalue weighted by atomic mass is 10.1. The van der Waals surface area contributed by atoms with Crippen molar-refractivity contribution in [3.63, 3.8) is 0 Å². The first-order chi connectivity index (χ1) is 14.6. The molecule has 2 aromatic carbocycles. The van der Waals surface area contributed by atoms with Crippen LogP contribution in [-0.2, 0) is 12.8 Å². The van der Waals surface area contributed by atoms with Crippen molar-refractivity contribution < 1.29 is 4.79 Å². The van der Waals surface area contributed by atoms with Crippen molar-refractivity contribution in [2.75, 3.05) is 0 Å². The molecule has 1 N–H and O–H groups in total. The number of hydrogen-bond donors (Lipinski definition) is 1. The summed E-state index contributed by atoms with van der Waals surface area (Å²) in [5.74, 6) is 1.50. The fourth-order valence-electron chi connectivity index (χ4n) is 3.11. The van der Waals surface area contributed by atoms with Gasteiger partial charge < -0.3 is 9.88 Å². The Balaban J connectivity index is 1.46. The molecule has 152 valence electrons. The van der Waals surface area contributed by atoms with E-state index in [1.165, 1.54) is 0 Å². The van der Waals surface area contributed by atoms with E-state index in [-0.39, 0.29) is 11.9 Å². The SMILES string of the molecule is Cc1csc(SCc2ccc(C(=O)NC(c3ccccc3)c3nccn3C)cc2)n1. The number of nitrogens with zero attached hydrogens (tertiary/aromatic N) is 3. The summed E-state index contributed by atoms with van der Waals surface area (Å²) in [6, 6.07) is 17.3. The van der Waals surface area contributed by atoms with Crippen molar-refractivity contribution in [3.8, 4) is 0 Å².